The topological polar surface area (TPSA) is 40.5 Å². The molecule has 0 saturated heterocycles. The first-order valence-electron chi connectivity index (χ1n) is 5.77. The highest BCUT2D eigenvalue weighted by Gasteiger charge is 2.11. The summed E-state index contributed by atoms with van der Waals surface area (Å²) in [5.74, 6) is -0.931. The standard InChI is InChI=1S/C14H14BrNO2/c15-12-5-6-13(16-8-2-1-3-9-16)11(10-12)4-7-14(17)18/h1-2,4-7,10H,3,8-9H2,(H,17,18)/b7-4+. The molecule has 1 aliphatic heterocycles. The van der Waals surface area contributed by atoms with E-state index in [2.05, 4.69) is 33.0 Å². The molecule has 1 N–H and O–H groups in total. The van der Waals surface area contributed by atoms with Crippen molar-refractivity contribution in [2.45, 2.75) is 6.42 Å². The Morgan fingerprint density at radius 1 is 1.39 bits per heavy atom. The SMILES string of the molecule is O=C(O)/C=C/c1cc(Br)ccc1N1CC=CCC1. The minimum absolute atomic E-state index is 0.871. The Balaban J connectivity index is 2.33. The lowest BCUT2D eigenvalue weighted by molar-refractivity contribution is -0.131. The van der Waals surface area contributed by atoms with Gasteiger partial charge in [0, 0.05) is 29.3 Å². The first kappa shape index (κ1) is 12.9. The number of benzene rings is 1. The van der Waals surface area contributed by atoms with E-state index in [0.29, 0.717) is 0 Å². The number of anilines is 1. The molecule has 0 saturated carbocycles. The number of hydrogen-bond acceptors (Lipinski definition) is 2. The van der Waals surface area contributed by atoms with Crippen LogP contribution in [-0.2, 0) is 4.79 Å². The average Bonchev–Trinajstić information content (AvgIpc) is 2.37. The van der Waals surface area contributed by atoms with Gasteiger partial charge in [0.05, 0.1) is 0 Å². The Morgan fingerprint density at radius 2 is 2.22 bits per heavy atom. The molecule has 0 bridgehead atoms. The molecule has 1 aromatic carbocycles. The van der Waals surface area contributed by atoms with E-state index in [1.807, 2.05) is 18.2 Å². The lowest BCUT2D eigenvalue weighted by Gasteiger charge is -2.27. The van der Waals surface area contributed by atoms with Gasteiger partial charge in [-0.2, -0.15) is 0 Å². The second kappa shape index (κ2) is 5.87. The Labute approximate surface area is 115 Å². The molecule has 1 aliphatic rings. The van der Waals surface area contributed by atoms with Crippen LogP contribution in [0.2, 0.25) is 0 Å². The van der Waals surface area contributed by atoms with Crippen LogP contribution in [0.25, 0.3) is 6.08 Å². The molecule has 0 aliphatic carbocycles. The van der Waals surface area contributed by atoms with E-state index in [0.717, 1.165) is 35.2 Å². The van der Waals surface area contributed by atoms with E-state index in [9.17, 15) is 4.79 Å². The van der Waals surface area contributed by atoms with Gasteiger partial charge in [0.2, 0.25) is 0 Å². The second-order valence-electron chi connectivity index (χ2n) is 4.08. The number of aliphatic carboxylic acids is 1. The summed E-state index contributed by atoms with van der Waals surface area (Å²) >= 11 is 3.41. The number of carboxylic acids is 1. The smallest absolute Gasteiger partial charge is 0.328 e. The average molecular weight is 308 g/mol. The maximum absolute atomic E-state index is 10.6. The zero-order valence-corrected chi connectivity index (χ0v) is 11.4. The molecule has 18 heavy (non-hydrogen) atoms. The molecule has 0 amide bonds. The Morgan fingerprint density at radius 3 is 2.89 bits per heavy atom. The summed E-state index contributed by atoms with van der Waals surface area (Å²) in [4.78, 5) is 12.9. The fourth-order valence-electron chi connectivity index (χ4n) is 1.97. The maximum atomic E-state index is 10.6. The largest absolute Gasteiger partial charge is 0.478 e. The van der Waals surface area contributed by atoms with Crippen LogP contribution >= 0.6 is 15.9 Å². The van der Waals surface area contributed by atoms with Gasteiger partial charge in [-0.15, -0.1) is 0 Å². The van der Waals surface area contributed by atoms with E-state index >= 15 is 0 Å². The van der Waals surface area contributed by atoms with Crippen LogP contribution in [0.5, 0.6) is 0 Å². The molecule has 0 spiro atoms. The van der Waals surface area contributed by atoms with Gasteiger partial charge in [0.25, 0.3) is 0 Å². The van der Waals surface area contributed by atoms with Gasteiger partial charge in [0.15, 0.2) is 0 Å². The lowest BCUT2D eigenvalue weighted by atomic mass is 10.1. The predicted octanol–water partition coefficient (Wildman–Crippen LogP) is 3.31. The summed E-state index contributed by atoms with van der Waals surface area (Å²) in [7, 11) is 0. The Hall–Kier alpha value is -1.55. The molecule has 1 aromatic rings. The third-order valence-electron chi connectivity index (χ3n) is 2.79. The zero-order chi connectivity index (χ0) is 13.0. The highest BCUT2D eigenvalue weighted by molar-refractivity contribution is 9.10. The number of carbonyl (C=O) groups is 1. The van der Waals surface area contributed by atoms with Crippen LogP contribution in [0.15, 0.2) is 40.9 Å². The van der Waals surface area contributed by atoms with Crippen LogP contribution in [0.1, 0.15) is 12.0 Å². The van der Waals surface area contributed by atoms with E-state index in [1.54, 1.807) is 6.08 Å². The zero-order valence-electron chi connectivity index (χ0n) is 9.84. The number of rotatable bonds is 3. The van der Waals surface area contributed by atoms with Crippen LogP contribution in [0, 0.1) is 0 Å². The van der Waals surface area contributed by atoms with Crippen LogP contribution in [0.3, 0.4) is 0 Å². The molecule has 4 heteroatoms. The van der Waals surface area contributed by atoms with Crippen molar-refractivity contribution in [3.05, 3.63) is 46.5 Å². The van der Waals surface area contributed by atoms with Gasteiger partial charge in [-0.25, -0.2) is 4.79 Å². The molecular weight excluding hydrogens is 294 g/mol. The van der Waals surface area contributed by atoms with Gasteiger partial charge >= 0.3 is 5.97 Å². The van der Waals surface area contributed by atoms with Gasteiger partial charge in [-0.3, -0.25) is 0 Å². The molecule has 1 heterocycles. The van der Waals surface area contributed by atoms with Crippen molar-refractivity contribution < 1.29 is 9.90 Å². The van der Waals surface area contributed by atoms with Crippen LogP contribution in [-0.4, -0.2) is 24.2 Å². The van der Waals surface area contributed by atoms with E-state index in [-0.39, 0.29) is 0 Å². The Bertz CT molecular complexity index is 509. The van der Waals surface area contributed by atoms with Gasteiger partial charge < -0.3 is 10.0 Å². The first-order chi connectivity index (χ1) is 8.66. The minimum atomic E-state index is -0.931. The second-order valence-corrected chi connectivity index (χ2v) is 5.00. The van der Waals surface area contributed by atoms with Crippen molar-refractivity contribution in [1.82, 2.24) is 0 Å². The lowest BCUT2D eigenvalue weighted by Crippen LogP contribution is -2.27. The summed E-state index contributed by atoms with van der Waals surface area (Å²) in [6.45, 7) is 1.83. The normalized spacial score (nSPS) is 15.3. The van der Waals surface area contributed by atoms with Gasteiger partial charge in [-0.1, -0.05) is 28.1 Å². The molecule has 0 atom stereocenters. The number of hydrogen-bond donors (Lipinski definition) is 1. The molecule has 0 unspecified atom stereocenters. The van der Waals surface area contributed by atoms with Crippen molar-refractivity contribution in [2.75, 3.05) is 18.0 Å². The fourth-order valence-corrected chi connectivity index (χ4v) is 2.35. The maximum Gasteiger partial charge on any atom is 0.328 e. The molecule has 3 nitrogen and oxygen atoms in total. The van der Waals surface area contributed by atoms with Crippen LogP contribution in [0.4, 0.5) is 5.69 Å². The van der Waals surface area contributed by atoms with Crippen molar-refractivity contribution >= 4 is 33.7 Å². The molecule has 0 radical (unpaired) electrons. The van der Waals surface area contributed by atoms with Crippen molar-refractivity contribution in [3.63, 3.8) is 0 Å². The summed E-state index contributed by atoms with van der Waals surface area (Å²) in [6, 6.07) is 5.93. The van der Waals surface area contributed by atoms with E-state index in [4.69, 9.17) is 5.11 Å². The van der Waals surface area contributed by atoms with Crippen molar-refractivity contribution in [3.8, 4) is 0 Å². The third kappa shape index (κ3) is 3.23. The monoisotopic (exact) mass is 307 g/mol. The quantitative estimate of drug-likeness (QED) is 0.688. The highest BCUT2D eigenvalue weighted by Crippen LogP contribution is 2.27. The predicted molar refractivity (Wildman–Crippen MR) is 76.8 cm³/mol. The molecule has 0 fully saturated rings. The van der Waals surface area contributed by atoms with Gasteiger partial charge in [-0.05, 0) is 36.3 Å². The molecule has 94 valence electrons. The van der Waals surface area contributed by atoms with Crippen molar-refractivity contribution in [2.24, 2.45) is 0 Å². The number of halogens is 1. The minimum Gasteiger partial charge on any atom is -0.478 e. The third-order valence-corrected chi connectivity index (χ3v) is 3.29. The molecule has 2 rings (SSSR count). The summed E-state index contributed by atoms with van der Waals surface area (Å²) in [5, 5.41) is 8.72. The summed E-state index contributed by atoms with van der Waals surface area (Å²) < 4.78 is 0.948. The summed E-state index contributed by atoms with van der Waals surface area (Å²) in [6.07, 6.45) is 8.14. The van der Waals surface area contributed by atoms with E-state index < -0.39 is 5.97 Å². The molecular formula is C14H14BrNO2. The van der Waals surface area contributed by atoms with E-state index in [1.165, 1.54) is 6.08 Å². The number of carboxylic acid groups (broad SMARTS) is 1. The molecule has 0 aromatic heterocycles. The van der Waals surface area contributed by atoms with Crippen molar-refractivity contribution in [1.29, 1.82) is 0 Å². The van der Waals surface area contributed by atoms with Crippen LogP contribution < -0.4 is 4.90 Å². The number of nitrogens with zero attached hydrogens (tertiary/aromatic N) is 1. The highest BCUT2D eigenvalue weighted by atomic mass is 79.9. The Kier molecular flexibility index (Phi) is 4.20. The first-order valence-corrected chi connectivity index (χ1v) is 6.56. The summed E-state index contributed by atoms with van der Waals surface area (Å²) in [5.41, 5.74) is 1.99. The fraction of sp³-hybridized carbons (Fsp3) is 0.214. The van der Waals surface area contributed by atoms with Gasteiger partial charge in [0.1, 0.15) is 0 Å².